The van der Waals surface area contributed by atoms with Crippen LogP contribution in [0, 0.1) is 0 Å². The average molecular weight is 253 g/mol. The largest absolute Gasteiger partial charge is 0.389 e. The first-order valence-corrected chi connectivity index (χ1v) is 6.89. The predicted octanol–water partition coefficient (Wildman–Crippen LogP) is 1.65. The lowest BCUT2D eigenvalue weighted by molar-refractivity contribution is 0.127. The van der Waals surface area contributed by atoms with Gasteiger partial charge in [-0.15, -0.1) is 11.8 Å². The number of hydrogen-bond donors (Lipinski definition) is 2. The Morgan fingerprint density at radius 3 is 3.06 bits per heavy atom. The summed E-state index contributed by atoms with van der Waals surface area (Å²) in [7, 11) is 0. The van der Waals surface area contributed by atoms with Crippen LogP contribution in [0.25, 0.3) is 0 Å². The molecule has 1 aliphatic heterocycles. The van der Waals surface area contributed by atoms with E-state index in [1.165, 1.54) is 10.5 Å². The van der Waals surface area contributed by atoms with Crippen molar-refractivity contribution in [2.24, 2.45) is 0 Å². The molecule has 1 heterocycles. The fourth-order valence-electron chi connectivity index (χ4n) is 1.81. The Kier molecular flexibility index (Phi) is 4.86. The van der Waals surface area contributed by atoms with Gasteiger partial charge >= 0.3 is 0 Å². The Balaban J connectivity index is 1.95. The van der Waals surface area contributed by atoms with Crippen molar-refractivity contribution in [3.63, 3.8) is 0 Å². The van der Waals surface area contributed by atoms with E-state index in [0.717, 1.165) is 13.1 Å². The van der Waals surface area contributed by atoms with Gasteiger partial charge in [-0.2, -0.15) is 0 Å². The lowest BCUT2D eigenvalue weighted by atomic mass is 10.2. The van der Waals surface area contributed by atoms with Crippen LogP contribution in [-0.4, -0.2) is 36.2 Å². The normalized spacial score (nSPS) is 24.1. The summed E-state index contributed by atoms with van der Waals surface area (Å²) < 4.78 is 5.25. The number of nitrogens with one attached hydrogen (secondary N) is 1. The van der Waals surface area contributed by atoms with Gasteiger partial charge in [0.25, 0.3) is 0 Å². The van der Waals surface area contributed by atoms with Crippen LogP contribution >= 0.6 is 11.8 Å². The second-order valence-corrected chi connectivity index (χ2v) is 5.50. The number of aliphatic hydroxyl groups is 1. The number of hydrogen-bond acceptors (Lipinski definition) is 4. The van der Waals surface area contributed by atoms with Gasteiger partial charge in [0.15, 0.2) is 0 Å². The zero-order valence-corrected chi connectivity index (χ0v) is 10.9. The maximum atomic E-state index is 9.70. The molecule has 2 atom stereocenters. The van der Waals surface area contributed by atoms with Crippen molar-refractivity contribution in [1.82, 2.24) is 5.32 Å². The van der Waals surface area contributed by atoms with Crippen molar-refractivity contribution in [2.45, 2.75) is 29.7 Å². The second-order valence-electron chi connectivity index (χ2n) is 4.19. The van der Waals surface area contributed by atoms with E-state index in [1.54, 1.807) is 11.8 Å². The number of ether oxygens (including phenoxy) is 1. The summed E-state index contributed by atoms with van der Waals surface area (Å²) in [5.74, 6) is 0. The Bertz CT molecular complexity index is 359. The van der Waals surface area contributed by atoms with Crippen molar-refractivity contribution in [1.29, 1.82) is 0 Å². The van der Waals surface area contributed by atoms with Gasteiger partial charge < -0.3 is 15.2 Å². The SMILES string of the molecule is CCNCc1cccc(SC2COCC2O)c1. The Morgan fingerprint density at radius 1 is 1.47 bits per heavy atom. The summed E-state index contributed by atoms with van der Waals surface area (Å²) in [6, 6.07) is 8.45. The average Bonchev–Trinajstić information content (AvgIpc) is 2.73. The maximum absolute atomic E-state index is 9.70. The van der Waals surface area contributed by atoms with Gasteiger partial charge in [0.1, 0.15) is 0 Å². The minimum absolute atomic E-state index is 0.171. The molecular formula is C13H19NO2S. The molecule has 2 N–H and O–H groups in total. The second kappa shape index (κ2) is 6.40. The van der Waals surface area contributed by atoms with E-state index in [-0.39, 0.29) is 11.4 Å². The molecule has 2 rings (SSSR count). The number of benzene rings is 1. The summed E-state index contributed by atoms with van der Waals surface area (Å²) in [4.78, 5) is 1.20. The van der Waals surface area contributed by atoms with Gasteiger partial charge in [-0.05, 0) is 24.2 Å². The molecule has 4 heteroatoms. The van der Waals surface area contributed by atoms with Crippen LogP contribution in [-0.2, 0) is 11.3 Å². The first kappa shape index (κ1) is 12.9. The molecule has 1 aromatic rings. The molecule has 1 fully saturated rings. The summed E-state index contributed by atoms with van der Waals surface area (Å²) in [5.41, 5.74) is 1.28. The third kappa shape index (κ3) is 3.71. The zero-order chi connectivity index (χ0) is 12.1. The number of aliphatic hydroxyl groups excluding tert-OH is 1. The van der Waals surface area contributed by atoms with Crippen molar-refractivity contribution >= 4 is 11.8 Å². The molecule has 94 valence electrons. The van der Waals surface area contributed by atoms with Crippen LogP contribution in [0.4, 0.5) is 0 Å². The van der Waals surface area contributed by atoms with Crippen LogP contribution in [0.3, 0.4) is 0 Å². The van der Waals surface area contributed by atoms with Gasteiger partial charge in [0, 0.05) is 11.4 Å². The van der Waals surface area contributed by atoms with Crippen molar-refractivity contribution in [2.75, 3.05) is 19.8 Å². The third-order valence-corrected chi connectivity index (χ3v) is 4.04. The van der Waals surface area contributed by atoms with Crippen LogP contribution < -0.4 is 5.32 Å². The molecule has 0 bridgehead atoms. The van der Waals surface area contributed by atoms with E-state index in [1.807, 2.05) is 0 Å². The number of thioether (sulfide) groups is 1. The highest BCUT2D eigenvalue weighted by Crippen LogP contribution is 2.29. The molecule has 1 saturated heterocycles. The van der Waals surface area contributed by atoms with Gasteiger partial charge in [0.05, 0.1) is 24.6 Å². The van der Waals surface area contributed by atoms with E-state index in [2.05, 4.69) is 36.5 Å². The Labute approximate surface area is 107 Å². The summed E-state index contributed by atoms with van der Waals surface area (Å²) in [5, 5.41) is 13.2. The summed E-state index contributed by atoms with van der Waals surface area (Å²) >= 11 is 1.70. The minimum Gasteiger partial charge on any atom is -0.389 e. The van der Waals surface area contributed by atoms with Gasteiger partial charge in [-0.1, -0.05) is 19.1 Å². The summed E-state index contributed by atoms with van der Waals surface area (Å²) in [6.45, 7) is 5.09. The van der Waals surface area contributed by atoms with E-state index in [4.69, 9.17) is 4.74 Å². The standard InChI is InChI=1S/C13H19NO2S/c1-2-14-7-10-4-3-5-11(6-10)17-13-9-16-8-12(13)15/h3-6,12-15H,2,7-9H2,1H3. The quantitative estimate of drug-likeness (QED) is 0.837. The highest BCUT2D eigenvalue weighted by atomic mass is 32.2. The third-order valence-electron chi connectivity index (χ3n) is 2.76. The number of rotatable bonds is 5. The predicted molar refractivity (Wildman–Crippen MR) is 70.3 cm³/mol. The van der Waals surface area contributed by atoms with Crippen LogP contribution in [0.5, 0.6) is 0 Å². The molecule has 17 heavy (non-hydrogen) atoms. The molecular weight excluding hydrogens is 234 g/mol. The molecule has 0 aromatic heterocycles. The molecule has 3 nitrogen and oxygen atoms in total. The van der Waals surface area contributed by atoms with E-state index in [0.29, 0.717) is 13.2 Å². The molecule has 0 aliphatic carbocycles. The lowest BCUT2D eigenvalue weighted by Gasteiger charge is -2.12. The van der Waals surface area contributed by atoms with Gasteiger partial charge in [-0.3, -0.25) is 0 Å². The fourth-order valence-corrected chi connectivity index (χ4v) is 2.93. The van der Waals surface area contributed by atoms with Crippen LogP contribution in [0.1, 0.15) is 12.5 Å². The maximum Gasteiger partial charge on any atom is 0.0917 e. The van der Waals surface area contributed by atoms with Crippen LogP contribution in [0.2, 0.25) is 0 Å². The van der Waals surface area contributed by atoms with Crippen molar-refractivity contribution in [3.05, 3.63) is 29.8 Å². The topological polar surface area (TPSA) is 41.5 Å². The van der Waals surface area contributed by atoms with E-state index < -0.39 is 0 Å². The zero-order valence-electron chi connectivity index (χ0n) is 10.1. The molecule has 2 unspecified atom stereocenters. The molecule has 0 radical (unpaired) electrons. The van der Waals surface area contributed by atoms with Gasteiger partial charge in [0.2, 0.25) is 0 Å². The monoisotopic (exact) mass is 253 g/mol. The Hall–Kier alpha value is -0.550. The Morgan fingerprint density at radius 2 is 2.35 bits per heavy atom. The highest BCUT2D eigenvalue weighted by molar-refractivity contribution is 8.00. The fraction of sp³-hybridized carbons (Fsp3) is 0.538. The van der Waals surface area contributed by atoms with Crippen molar-refractivity contribution in [3.8, 4) is 0 Å². The molecule has 1 aromatic carbocycles. The molecule has 0 saturated carbocycles. The van der Waals surface area contributed by atoms with Gasteiger partial charge in [-0.25, -0.2) is 0 Å². The molecule has 0 amide bonds. The highest BCUT2D eigenvalue weighted by Gasteiger charge is 2.26. The first-order valence-electron chi connectivity index (χ1n) is 6.01. The van der Waals surface area contributed by atoms with E-state index in [9.17, 15) is 5.11 Å². The van der Waals surface area contributed by atoms with Crippen LogP contribution in [0.15, 0.2) is 29.2 Å². The molecule has 1 aliphatic rings. The summed E-state index contributed by atoms with van der Waals surface area (Å²) in [6.07, 6.45) is -0.336. The lowest BCUT2D eigenvalue weighted by Crippen LogP contribution is -2.19. The van der Waals surface area contributed by atoms with E-state index >= 15 is 0 Å². The smallest absolute Gasteiger partial charge is 0.0917 e. The molecule has 0 spiro atoms. The van der Waals surface area contributed by atoms with Crippen molar-refractivity contribution < 1.29 is 9.84 Å². The first-order chi connectivity index (χ1) is 8.29. The minimum atomic E-state index is -0.336.